The summed E-state index contributed by atoms with van der Waals surface area (Å²) in [6.07, 6.45) is 2.97. The molecule has 0 unspecified atom stereocenters. The lowest BCUT2D eigenvalue weighted by atomic mass is 10.1. The second kappa shape index (κ2) is 6.31. The molecule has 19 heavy (non-hydrogen) atoms. The van der Waals surface area contributed by atoms with Crippen LogP contribution in [0.15, 0.2) is 42.7 Å². The molecule has 0 fully saturated rings. The number of nitrogens with one attached hydrogen (secondary N) is 1. The van der Waals surface area contributed by atoms with E-state index >= 15 is 0 Å². The number of pyridine rings is 1. The third kappa shape index (κ3) is 3.30. The molecule has 4 nitrogen and oxygen atoms in total. The van der Waals surface area contributed by atoms with Gasteiger partial charge in [-0.25, -0.2) is 0 Å². The minimum absolute atomic E-state index is 0.268. The van der Waals surface area contributed by atoms with Gasteiger partial charge in [-0.15, -0.1) is 0 Å². The van der Waals surface area contributed by atoms with Crippen LogP contribution in [0, 0.1) is 0 Å². The smallest absolute Gasteiger partial charge is 0.257 e. The molecule has 0 radical (unpaired) electrons. The Balaban J connectivity index is 2.22. The number of halogens is 1. The first kappa shape index (κ1) is 13.5. The summed E-state index contributed by atoms with van der Waals surface area (Å²) in [5, 5.41) is 3.14. The van der Waals surface area contributed by atoms with Gasteiger partial charge in [0.2, 0.25) is 0 Å². The Kier molecular flexibility index (Phi) is 4.49. The molecule has 0 spiro atoms. The van der Waals surface area contributed by atoms with Gasteiger partial charge in [0.25, 0.3) is 5.91 Å². The van der Waals surface area contributed by atoms with E-state index in [-0.39, 0.29) is 5.91 Å². The van der Waals surface area contributed by atoms with Crippen molar-refractivity contribution >= 4 is 23.2 Å². The van der Waals surface area contributed by atoms with E-state index < -0.39 is 0 Å². The van der Waals surface area contributed by atoms with E-state index in [1.807, 2.05) is 24.3 Å². The molecular formula is C14H13ClN2O2. The van der Waals surface area contributed by atoms with Gasteiger partial charge in [-0.1, -0.05) is 29.8 Å². The number of rotatable bonds is 4. The van der Waals surface area contributed by atoms with Gasteiger partial charge in [0.1, 0.15) is 0 Å². The Labute approximate surface area is 116 Å². The van der Waals surface area contributed by atoms with Crippen LogP contribution in [0.3, 0.4) is 0 Å². The minimum atomic E-state index is -0.268. The van der Waals surface area contributed by atoms with E-state index in [1.165, 1.54) is 12.4 Å². The first-order valence-electron chi connectivity index (χ1n) is 5.70. The summed E-state index contributed by atoms with van der Waals surface area (Å²) >= 11 is 5.94. The average Bonchev–Trinajstić information content (AvgIpc) is 2.41. The second-order valence-corrected chi connectivity index (χ2v) is 4.31. The number of ether oxygens (including phenoxy) is 1. The number of amides is 1. The van der Waals surface area contributed by atoms with E-state index in [9.17, 15) is 4.79 Å². The number of carbonyl (C=O) groups is 1. The third-order valence-corrected chi connectivity index (χ3v) is 2.88. The van der Waals surface area contributed by atoms with E-state index in [1.54, 1.807) is 13.2 Å². The molecule has 2 aromatic rings. The zero-order valence-electron chi connectivity index (χ0n) is 10.4. The number of benzene rings is 1. The molecule has 98 valence electrons. The van der Waals surface area contributed by atoms with E-state index in [2.05, 4.69) is 10.3 Å². The molecule has 1 aromatic heterocycles. The second-order valence-electron chi connectivity index (χ2n) is 3.90. The van der Waals surface area contributed by atoms with Crippen LogP contribution < -0.4 is 5.32 Å². The molecule has 0 saturated carbocycles. The van der Waals surface area contributed by atoms with Crippen LogP contribution in [0.4, 0.5) is 5.69 Å². The Morgan fingerprint density at radius 3 is 2.89 bits per heavy atom. The van der Waals surface area contributed by atoms with Gasteiger partial charge in [-0.3, -0.25) is 9.78 Å². The van der Waals surface area contributed by atoms with Crippen molar-refractivity contribution in [3.8, 4) is 0 Å². The highest BCUT2D eigenvalue weighted by molar-refractivity contribution is 6.34. The maximum Gasteiger partial charge on any atom is 0.257 e. The number of nitrogens with zero attached hydrogens (tertiary/aromatic N) is 1. The van der Waals surface area contributed by atoms with Crippen molar-refractivity contribution in [2.75, 3.05) is 12.4 Å². The Hall–Kier alpha value is -1.91. The Morgan fingerprint density at radius 2 is 2.16 bits per heavy atom. The number of anilines is 1. The molecule has 1 N–H and O–H groups in total. The van der Waals surface area contributed by atoms with Gasteiger partial charge in [0.05, 0.1) is 17.2 Å². The first-order valence-corrected chi connectivity index (χ1v) is 6.08. The number of hydrogen-bond donors (Lipinski definition) is 1. The normalized spacial score (nSPS) is 10.2. The summed E-state index contributed by atoms with van der Waals surface area (Å²) in [6, 6.07) is 9.04. The van der Waals surface area contributed by atoms with Gasteiger partial charge in [-0.2, -0.15) is 0 Å². The number of aromatic nitrogens is 1. The minimum Gasteiger partial charge on any atom is -0.380 e. The molecule has 0 atom stereocenters. The molecule has 0 bridgehead atoms. The summed E-state index contributed by atoms with van der Waals surface area (Å²) in [6.45, 7) is 0.431. The summed E-state index contributed by atoms with van der Waals surface area (Å²) in [5.41, 5.74) is 2.01. The predicted molar refractivity (Wildman–Crippen MR) is 74.4 cm³/mol. The lowest BCUT2D eigenvalue weighted by Crippen LogP contribution is -2.14. The number of hydrogen-bond acceptors (Lipinski definition) is 3. The van der Waals surface area contributed by atoms with Crippen LogP contribution in [-0.4, -0.2) is 18.0 Å². The molecule has 1 amide bonds. The lowest BCUT2D eigenvalue weighted by Gasteiger charge is -2.10. The van der Waals surface area contributed by atoms with E-state index in [0.717, 1.165) is 5.56 Å². The predicted octanol–water partition coefficient (Wildman–Crippen LogP) is 3.13. The monoisotopic (exact) mass is 276 g/mol. The molecule has 0 aliphatic carbocycles. The standard InChI is InChI=1S/C14H13ClN2O2/c1-19-9-10-4-2-3-5-13(10)17-14(18)11-6-7-16-8-12(11)15/h2-8H,9H2,1H3,(H,17,18). The summed E-state index contributed by atoms with van der Waals surface area (Å²) in [4.78, 5) is 16.0. The molecule has 0 aliphatic rings. The maximum atomic E-state index is 12.1. The highest BCUT2D eigenvalue weighted by atomic mass is 35.5. The summed E-state index contributed by atoms with van der Waals surface area (Å²) in [7, 11) is 1.61. The average molecular weight is 277 g/mol. The SMILES string of the molecule is COCc1ccccc1NC(=O)c1ccncc1Cl. The van der Waals surface area contributed by atoms with Gasteiger partial charge in [0.15, 0.2) is 0 Å². The number of para-hydroxylation sites is 1. The van der Waals surface area contributed by atoms with Crippen molar-refractivity contribution in [3.63, 3.8) is 0 Å². The zero-order chi connectivity index (χ0) is 13.7. The highest BCUT2D eigenvalue weighted by Crippen LogP contribution is 2.19. The number of methoxy groups -OCH3 is 1. The van der Waals surface area contributed by atoms with Crippen molar-refractivity contribution in [3.05, 3.63) is 58.9 Å². The topological polar surface area (TPSA) is 51.2 Å². The van der Waals surface area contributed by atoms with Crippen molar-refractivity contribution in [2.24, 2.45) is 0 Å². The van der Waals surface area contributed by atoms with Crippen LogP contribution in [0.2, 0.25) is 5.02 Å². The molecule has 5 heteroatoms. The van der Waals surface area contributed by atoms with Gasteiger partial charge < -0.3 is 10.1 Å². The Bertz CT molecular complexity index is 587. The van der Waals surface area contributed by atoms with Crippen LogP contribution in [0.25, 0.3) is 0 Å². The largest absolute Gasteiger partial charge is 0.380 e. The van der Waals surface area contributed by atoms with Crippen LogP contribution in [0.1, 0.15) is 15.9 Å². The van der Waals surface area contributed by atoms with Gasteiger partial charge in [-0.05, 0) is 12.1 Å². The van der Waals surface area contributed by atoms with Crippen LogP contribution in [0.5, 0.6) is 0 Å². The quantitative estimate of drug-likeness (QED) is 0.933. The fourth-order valence-electron chi connectivity index (χ4n) is 1.67. The summed E-state index contributed by atoms with van der Waals surface area (Å²) in [5.74, 6) is -0.268. The van der Waals surface area contributed by atoms with Crippen LogP contribution >= 0.6 is 11.6 Å². The molecule has 0 saturated heterocycles. The van der Waals surface area contributed by atoms with Crippen LogP contribution in [-0.2, 0) is 11.3 Å². The maximum absolute atomic E-state index is 12.1. The van der Waals surface area contributed by atoms with Gasteiger partial charge in [0, 0.05) is 30.8 Å². The van der Waals surface area contributed by atoms with Gasteiger partial charge >= 0.3 is 0 Å². The third-order valence-electron chi connectivity index (χ3n) is 2.58. The fourth-order valence-corrected chi connectivity index (χ4v) is 1.88. The van der Waals surface area contributed by atoms with Crippen molar-refractivity contribution in [1.82, 2.24) is 4.98 Å². The van der Waals surface area contributed by atoms with E-state index in [0.29, 0.717) is 22.9 Å². The number of carbonyl (C=O) groups excluding carboxylic acids is 1. The zero-order valence-corrected chi connectivity index (χ0v) is 11.1. The molecule has 1 heterocycles. The fraction of sp³-hybridized carbons (Fsp3) is 0.143. The van der Waals surface area contributed by atoms with Crippen molar-refractivity contribution in [1.29, 1.82) is 0 Å². The molecule has 0 aliphatic heterocycles. The van der Waals surface area contributed by atoms with E-state index in [4.69, 9.17) is 16.3 Å². The van der Waals surface area contributed by atoms with Crippen molar-refractivity contribution < 1.29 is 9.53 Å². The highest BCUT2D eigenvalue weighted by Gasteiger charge is 2.11. The first-order chi connectivity index (χ1) is 9.22. The lowest BCUT2D eigenvalue weighted by molar-refractivity contribution is 0.102. The summed E-state index contributed by atoms with van der Waals surface area (Å²) < 4.78 is 5.09. The molecule has 2 rings (SSSR count). The van der Waals surface area contributed by atoms with Crippen molar-refractivity contribution in [2.45, 2.75) is 6.61 Å². The molecular weight excluding hydrogens is 264 g/mol. The molecule has 1 aromatic carbocycles. The Morgan fingerprint density at radius 1 is 1.37 bits per heavy atom.